The molecule has 1 atom stereocenters. The summed E-state index contributed by atoms with van der Waals surface area (Å²) in [4.78, 5) is 30.0. The van der Waals surface area contributed by atoms with Crippen molar-refractivity contribution in [1.82, 2.24) is 10.2 Å². The third-order valence-electron chi connectivity index (χ3n) is 6.62. The van der Waals surface area contributed by atoms with Gasteiger partial charge in [-0.2, -0.15) is 0 Å². The van der Waals surface area contributed by atoms with Gasteiger partial charge in [0.25, 0.3) is 10.0 Å². The van der Waals surface area contributed by atoms with Gasteiger partial charge in [0, 0.05) is 17.0 Å². The van der Waals surface area contributed by atoms with Crippen LogP contribution in [0.25, 0.3) is 0 Å². The van der Waals surface area contributed by atoms with Crippen molar-refractivity contribution in [2.75, 3.05) is 23.7 Å². The number of rotatable bonds is 12. The zero-order chi connectivity index (χ0) is 30.2. The third kappa shape index (κ3) is 8.84. The first kappa shape index (κ1) is 32.2. The summed E-state index contributed by atoms with van der Waals surface area (Å²) in [7, 11) is -4.09. The summed E-state index contributed by atoms with van der Waals surface area (Å²) >= 11 is 1.52. The van der Waals surface area contributed by atoms with Crippen LogP contribution in [0, 0.1) is 6.92 Å². The van der Waals surface area contributed by atoms with Gasteiger partial charge in [-0.3, -0.25) is 13.9 Å². The number of nitrogens with zero attached hydrogens (tertiary/aromatic N) is 2. The molecule has 0 fully saturated rings. The Kier molecular flexibility index (Phi) is 11.0. The second kappa shape index (κ2) is 14.0. The Balaban J connectivity index is 2.01. The summed E-state index contributed by atoms with van der Waals surface area (Å²) in [6.07, 6.45) is 2.83. The largest absolute Gasteiger partial charge is 0.350 e. The maximum atomic E-state index is 14.1. The second-order valence-corrected chi connectivity index (χ2v) is 13.8. The van der Waals surface area contributed by atoms with E-state index >= 15 is 0 Å². The Morgan fingerprint density at radius 2 is 1.54 bits per heavy atom. The van der Waals surface area contributed by atoms with Crippen LogP contribution in [0.1, 0.15) is 45.2 Å². The summed E-state index contributed by atoms with van der Waals surface area (Å²) in [6.45, 7) is 9.27. The number of hydrogen-bond acceptors (Lipinski definition) is 5. The number of nitrogens with one attached hydrogen (secondary N) is 1. The quantitative estimate of drug-likeness (QED) is 0.273. The molecule has 0 spiro atoms. The second-order valence-electron chi connectivity index (χ2n) is 11.0. The minimum Gasteiger partial charge on any atom is -0.350 e. The number of thioether (sulfide) groups is 1. The van der Waals surface area contributed by atoms with Gasteiger partial charge in [0.2, 0.25) is 11.8 Å². The van der Waals surface area contributed by atoms with Gasteiger partial charge in [0.05, 0.1) is 10.6 Å². The minimum atomic E-state index is -4.09. The Labute approximate surface area is 249 Å². The zero-order valence-electron chi connectivity index (χ0n) is 24.8. The lowest BCUT2D eigenvalue weighted by Gasteiger charge is -2.34. The topological polar surface area (TPSA) is 86.8 Å². The highest BCUT2D eigenvalue weighted by Crippen LogP contribution is 2.26. The van der Waals surface area contributed by atoms with Gasteiger partial charge < -0.3 is 10.2 Å². The van der Waals surface area contributed by atoms with Crippen LogP contribution in [0.15, 0.2) is 88.7 Å². The molecule has 3 aromatic rings. The number of carbonyl (C=O) groups excluding carboxylic acids is 2. The molecule has 0 aliphatic carbocycles. The molecule has 2 amide bonds. The van der Waals surface area contributed by atoms with Crippen LogP contribution < -0.4 is 9.62 Å². The van der Waals surface area contributed by atoms with Crippen LogP contribution in [0.2, 0.25) is 0 Å². The van der Waals surface area contributed by atoms with E-state index in [4.69, 9.17) is 0 Å². The average molecular weight is 596 g/mol. The third-order valence-corrected chi connectivity index (χ3v) is 9.15. The van der Waals surface area contributed by atoms with Crippen LogP contribution in [-0.2, 0) is 26.0 Å². The van der Waals surface area contributed by atoms with Gasteiger partial charge in [0.1, 0.15) is 12.6 Å². The predicted octanol–water partition coefficient (Wildman–Crippen LogP) is 5.68. The maximum Gasteiger partial charge on any atom is 0.264 e. The Bertz CT molecular complexity index is 1400. The van der Waals surface area contributed by atoms with Crippen molar-refractivity contribution >= 4 is 39.3 Å². The molecular formula is C32H41N3O4S2. The molecule has 220 valence electrons. The summed E-state index contributed by atoms with van der Waals surface area (Å²) in [6, 6.07) is 22.6. The molecule has 3 rings (SSSR count). The highest BCUT2D eigenvalue weighted by atomic mass is 32.2. The lowest BCUT2D eigenvalue weighted by atomic mass is 10.1. The van der Waals surface area contributed by atoms with Crippen LogP contribution >= 0.6 is 11.8 Å². The van der Waals surface area contributed by atoms with E-state index in [0.29, 0.717) is 18.5 Å². The molecule has 0 saturated carbocycles. The molecule has 7 nitrogen and oxygen atoms in total. The molecular weight excluding hydrogens is 555 g/mol. The van der Waals surface area contributed by atoms with Crippen LogP contribution in [0.5, 0.6) is 0 Å². The number of hydrogen-bond donors (Lipinski definition) is 1. The van der Waals surface area contributed by atoms with Gasteiger partial charge in [0.15, 0.2) is 0 Å². The number of carbonyl (C=O) groups is 2. The predicted molar refractivity (Wildman–Crippen MR) is 168 cm³/mol. The van der Waals surface area contributed by atoms with Gasteiger partial charge in [-0.1, -0.05) is 55.0 Å². The van der Waals surface area contributed by atoms with Gasteiger partial charge in [-0.15, -0.1) is 11.8 Å². The van der Waals surface area contributed by atoms with Crippen molar-refractivity contribution in [1.29, 1.82) is 0 Å². The molecule has 0 unspecified atom stereocenters. The minimum absolute atomic E-state index is 0.0945. The SMILES string of the molecule is CC[C@H](C(=O)NC(C)(C)C)N(CCc1ccccc1)C(=O)CN(c1ccc(C)cc1)S(=O)(=O)c1ccc(SC)cc1. The summed E-state index contributed by atoms with van der Waals surface area (Å²) in [5.41, 5.74) is 1.89. The van der Waals surface area contributed by atoms with Crippen LogP contribution in [-0.4, -0.2) is 56.1 Å². The Morgan fingerprint density at radius 1 is 0.927 bits per heavy atom. The van der Waals surface area contributed by atoms with Crippen molar-refractivity contribution in [2.24, 2.45) is 0 Å². The molecule has 0 aliphatic heterocycles. The first-order valence-corrected chi connectivity index (χ1v) is 16.4. The maximum absolute atomic E-state index is 14.1. The van der Waals surface area contributed by atoms with Crippen molar-refractivity contribution in [3.8, 4) is 0 Å². The lowest BCUT2D eigenvalue weighted by Crippen LogP contribution is -2.56. The van der Waals surface area contributed by atoms with E-state index in [9.17, 15) is 18.0 Å². The normalized spacial score (nSPS) is 12.4. The smallest absolute Gasteiger partial charge is 0.264 e. The number of amides is 2. The highest BCUT2D eigenvalue weighted by molar-refractivity contribution is 7.98. The van der Waals surface area contributed by atoms with E-state index in [1.165, 1.54) is 16.7 Å². The summed E-state index contributed by atoms with van der Waals surface area (Å²) in [5.74, 6) is -0.708. The van der Waals surface area contributed by atoms with Crippen molar-refractivity contribution in [3.05, 3.63) is 90.0 Å². The molecule has 0 saturated heterocycles. The molecule has 0 bridgehead atoms. The Morgan fingerprint density at radius 3 is 2.07 bits per heavy atom. The number of benzene rings is 3. The van der Waals surface area contributed by atoms with E-state index in [2.05, 4.69) is 5.32 Å². The lowest BCUT2D eigenvalue weighted by molar-refractivity contribution is -0.140. The van der Waals surface area contributed by atoms with Gasteiger partial charge in [-0.05, 0) is 88.8 Å². The molecule has 1 N–H and O–H groups in total. The summed E-state index contributed by atoms with van der Waals surface area (Å²) < 4.78 is 29.1. The van der Waals surface area contributed by atoms with Gasteiger partial charge >= 0.3 is 0 Å². The molecule has 0 radical (unpaired) electrons. The van der Waals surface area contributed by atoms with E-state index < -0.39 is 34.1 Å². The fourth-order valence-electron chi connectivity index (χ4n) is 4.46. The van der Waals surface area contributed by atoms with Crippen LogP contribution in [0.3, 0.4) is 0 Å². The fraction of sp³-hybridized carbons (Fsp3) is 0.375. The van der Waals surface area contributed by atoms with Gasteiger partial charge in [-0.25, -0.2) is 8.42 Å². The molecule has 3 aromatic carbocycles. The van der Waals surface area contributed by atoms with E-state index in [-0.39, 0.29) is 17.3 Å². The van der Waals surface area contributed by atoms with Crippen molar-refractivity contribution < 1.29 is 18.0 Å². The van der Waals surface area contributed by atoms with E-state index in [1.54, 1.807) is 36.4 Å². The Hall–Kier alpha value is -3.30. The molecule has 0 aliphatic rings. The standard InChI is InChI=1S/C32H41N3O4S2/c1-7-29(31(37)33-32(3,4)5)34(22-21-25-11-9-8-10-12-25)30(36)23-35(26-15-13-24(2)14-16-26)41(38,39)28-19-17-27(40-6)18-20-28/h8-20,29H,7,21-23H2,1-6H3,(H,33,37)/t29-/m1/s1. The average Bonchev–Trinajstić information content (AvgIpc) is 2.94. The van der Waals surface area contributed by atoms with Crippen molar-refractivity contribution in [3.63, 3.8) is 0 Å². The van der Waals surface area contributed by atoms with E-state index in [1.807, 2.05) is 83.3 Å². The molecule has 9 heteroatoms. The number of aryl methyl sites for hydroxylation is 1. The first-order valence-electron chi connectivity index (χ1n) is 13.7. The highest BCUT2D eigenvalue weighted by Gasteiger charge is 2.34. The fourth-order valence-corrected chi connectivity index (χ4v) is 6.29. The molecule has 41 heavy (non-hydrogen) atoms. The molecule has 0 heterocycles. The monoisotopic (exact) mass is 595 g/mol. The van der Waals surface area contributed by atoms with E-state index in [0.717, 1.165) is 20.3 Å². The molecule has 0 aromatic heterocycles. The van der Waals surface area contributed by atoms with Crippen molar-refractivity contribution in [2.45, 2.75) is 68.8 Å². The summed E-state index contributed by atoms with van der Waals surface area (Å²) in [5, 5.41) is 3.00. The zero-order valence-corrected chi connectivity index (χ0v) is 26.4. The van der Waals surface area contributed by atoms with Crippen LogP contribution in [0.4, 0.5) is 5.69 Å². The number of sulfonamides is 1. The number of anilines is 1. The first-order chi connectivity index (χ1) is 19.4.